The summed E-state index contributed by atoms with van der Waals surface area (Å²) in [6.07, 6.45) is 2.48. The van der Waals surface area contributed by atoms with Crippen molar-refractivity contribution in [3.8, 4) is 11.3 Å². The van der Waals surface area contributed by atoms with Gasteiger partial charge in [0.05, 0.1) is 11.9 Å². The Balaban J connectivity index is 1.54. The fourth-order valence-corrected chi connectivity index (χ4v) is 3.87. The van der Waals surface area contributed by atoms with Gasteiger partial charge in [0, 0.05) is 30.9 Å². The highest BCUT2D eigenvalue weighted by atomic mass is 16.3. The topological polar surface area (TPSA) is 125 Å². The summed E-state index contributed by atoms with van der Waals surface area (Å²) in [7, 11) is 0. The van der Waals surface area contributed by atoms with Crippen molar-refractivity contribution in [1.29, 1.82) is 0 Å². The number of nitrogens with one attached hydrogen (secondary N) is 1. The van der Waals surface area contributed by atoms with E-state index in [1.165, 1.54) is 6.20 Å². The van der Waals surface area contributed by atoms with E-state index < -0.39 is 12.1 Å². The Morgan fingerprint density at radius 3 is 2.62 bits per heavy atom. The molecule has 4 rings (SSSR count). The normalized spacial score (nSPS) is 15.9. The van der Waals surface area contributed by atoms with Gasteiger partial charge < -0.3 is 21.3 Å². The Labute approximate surface area is 186 Å². The van der Waals surface area contributed by atoms with Gasteiger partial charge >= 0.3 is 0 Å². The molecule has 0 bridgehead atoms. The highest BCUT2D eigenvalue weighted by molar-refractivity contribution is 6.05. The van der Waals surface area contributed by atoms with E-state index >= 15 is 0 Å². The quantitative estimate of drug-likeness (QED) is 0.471. The van der Waals surface area contributed by atoms with Gasteiger partial charge in [-0.25, -0.2) is 9.97 Å². The summed E-state index contributed by atoms with van der Waals surface area (Å²) in [5.41, 5.74) is 8.56. The van der Waals surface area contributed by atoms with Crippen molar-refractivity contribution in [2.75, 3.05) is 30.7 Å². The third kappa shape index (κ3) is 4.94. The van der Waals surface area contributed by atoms with Crippen LogP contribution in [0.15, 0.2) is 60.8 Å². The third-order valence-electron chi connectivity index (χ3n) is 5.78. The van der Waals surface area contributed by atoms with Crippen LogP contribution < -0.4 is 11.1 Å². The van der Waals surface area contributed by atoms with Crippen LogP contribution in [0.3, 0.4) is 0 Å². The van der Waals surface area contributed by atoms with E-state index in [0.29, 0.717) is 17.3 Å². The van der Waals surface area contributed by atoms with Gasteiger partial charge in [-0.3, -0.25) is 9.69 Å². The first-order valence-electron chi connectivity index (χ1n) is 10.7. The molecule has 1 aliphatic heterocycles. The minimum Gasteiger partial charge on any atom is -0.396 e. The van der Waals surface area contributed by atoms with Gasteiger partial charge in [-0.1, -0.05) is 36.4 Å². The van der Waals surface area contributed by atoms with Gasteiger partial charge in [-0.2, -0.15) is 0 Å². The van der Waals surface area contributed by atoms with Gasteiger partial charge in [0.15, 0.2) is 11.5 Å². The number of nitrogens with two attached hydrogens (primary N) is 1. The largest absolute Gasteiger partial charge is 0.396 e. The fraction of sp³-hybridized carbons (Fsp3) is 0.292. The molecule has 1 aromatic heterocycles. The third-order valence-corrected chi connectivity index (χ3v) is 5.78. The van der Waals surface area contributed by atoms with E-state index in [9.17, 15) is 15.0 Å². The molecule has 1 unspecified atom stereocenters. The molecule has 166 valence electrons. The Morgan fingerprint density at radius 2 is 1.91 bits per heavy atom. The predicted octanol–water partition coefficient (Wildman–Crippen LogP) is 2.67. The molecule has 1 amide bonds. The number of rotatable bonds is 6. The lowest BCUT2D eigenvalue weighted by atomic mass is 9.97. The number of aliphatic hydroxyl groups is 2. The number of nitrogens with zero attached hydrogens (tertiary/aromatic N) is 3. The van der Waals surface area contributed by atoms with Crippen molar-refractivity contribution in [3.63, 3.8) is 0 Å². The first-order chi connectivity index (χ1) is 15.5. The number of hydrogen-bond donors (Lipinski definition) is 4. The number of amides is 1. The van der Waals surface area contributed by atoms with Crippen LogP contribution in [0.2, 0.25) is 0 Å². The summed E-state index contributed by atoms with van der Waals surface area (Å²) in [6, 6.07) is 16.5. The van der Waals surface area contributed by atoms with Crippen LogP contribution in [0.1, 0.15) is 35.1 Å². The summed E-state index contributed by atoms with van der Waals surface area (Å²) < 4.78 is 0. The number of piperidine rings is 1. The summed E-state index contributed by atoms with van der Waals surface area (Å²) in [4.78, 5) is 23.3. The molecule has 1 saturated heterocycles. The molecule has 0 radical (unpaired) electrons. The Morgan fingerprint density at radius 1 is 1.16 bits per heavy atom. The van der Waals surface area contributed by atoms with Crippen molar-refractivity contribution < 1.29 is 15.0 Å². The average molecular weight is 434 g/mol. The van der Waals surface area contributed by atoms with Crippen LogP contribution in [0.4, 0.5) is 11.5 Å². The van der Waals surface area contributed by atoms with Crippen LogP contribution in [0.5, 0.6) is 0 Å². The lowest BCUT2D eigenvalue weighted by Gasteiger charge is -2.34. The number of carbonyl (C=O) groups excluding carboxylic acids is 1. The number of carbonyl (C=O) groups is 1. The van der Waals surface area contributed by atoms with Crippen molar-refractivity contribution in [2.24, 2.45) is 5.92 Å². The molecule has 3 aromatic rings. The molecule has 0 spiro atoms. The minimum absolute atomic E-state index is 0.0448. The van der Waals surface area contributed by atoms with E-state index in [2.05, 4.69) is 15.3 Å². The molecule has 8 nitrogen and oxygen atoms in total. The number of aliphatic hydroxyl groups excluding tert-OH is 2. The second-order valence-corrected chi connectivity index (χ2v) is 7.97. The zero-order valence-corrected chi connectivity index (χ0v) is 17.7. The van der Waals surface area contributed by atoms with Crippen molar-refractivity contribution in [2.45, 2.75) is 19.1 Å². The number of anilines is 2. The number of aromatic nitrogens is 2. The predicted molar refractivity (Wildman–Crippen MR) is 123 cm³/mol. The van der Waals surface area contributed by atoms with Crippen LogP contribution in [-0.4, -0.2) is 50.7 Å². The van der Waals surface area contributed by atoms with Crippen molar-refractivity contribution in [3.05, 3.63) is 72.1 Å². The van der Waals surface area contributed by atoms with Crippen LogP contribution in [0, 0.1) is 5.92 Å². The van der Waals surface area contributed by atoms with E-state index in [1.807, 2.05) is 47.4 Å². The van der Waals surface area contributed by atoms with Crippen LogP contribution in [0.25, 0.3) is 11.3 Å². The summed E-state index contributed by atoms with van der Waals surface area (Å²) in [5.74, 6) is -0.0913. The smallest absolute Gasteiger partial charge is 0.278 e. The highest BCUT2D eigenvalue weighted by Gasteiger charge is 2.24. The van der Waals surface area contributed by atoms with E-state index in [1.54, 1.807) is 12.1 Å². The van der Waals surface area contributed by atoms with Gasteiger partial charge in [0.2, 0.25) is 0 Å². The fourth-order valence-electron chi connectivity index (χ4n) is 3.87. The molecule has 2 aromatic carbocycles. The SMILES string of the molecule is Nc1ncc(-c2cccc(C(O)N3CCC(CO)CC3)c2)nc1C(=O)Nc1ccccc1. The molecule has 1 atom stereocenters. The molecule has 1 aliphatic rings. The molecule has 1 fully saturated rings. The molecule has 32 heavy (non-hydrogen) atoms. The maximum atomic E-state index is 12.7. The molecular weight excluding hydrogens is 406 g/mol. The van der Waals surface area contributed by atoms with Crippen molar-refractivity contribution >= 4 is 17.4 Å². The Bertz CT molecular complexity index is 1070. The molecule has 0 saturated carbocycles. The lowest BCUT2D eigenvalue weighted by Crippen LogP contribution is -2.37. The average Bonchev–Trinajstić information content (AvgIpc) is 2.84. The minimum atomic E-state index is -0.753. The summed E-state index contributed by atoms with van der Waals surface area (Å²) in [5, 5.41) is 23.0. The zero-order valence-electron chi connectivity index (χ0n) is 17.7. The summed E-state index contributed by atoms with van der Waals surface area (Å²) >= 11 is 0. The Kier molecular flexibility index (Phi) is 6.75. The van der Waals surface area contributed by atoms with E-state index in [0.717, 1.165) is 37.1 Å². The maximum absolute atomic E-state index is 12.7. The maximum Gasteiger partial charge on any atom is 0.278 e. The molecule has 5 N–H and O–H groups in total. The second kappa shape index (κ2) is 9.86. The van der Waals surface area contributed by atoms with E-state index in [4.69, 9.17) is 5.73 Å². The highest BCUT2D eigenvalue weighted by Crippen LogP contribution is 2.28. The zero-order chi connectivity index (χ0) is 22.5. The molecule has 0 aliphatic carbocycles. The number of hydrogen-bond acceptors (Lipinski definition) is 7. The monoisotopic (exact) mass is 433 g/mol. The number of nitrogen functional groups attached to an aromatic ring is 1. The number of benzene rings is 2. The number of para-hydroxylation sites is 1. The standard InChI is InChI=1S/C24H27N5O3/c25-22-21(23(31)27-19-7-2-1-3-8-19)28-20(14-26-22)17-5-4-6-18(13-17)24(32)29-11-9-16(15-30)10-12-29/h1-8,13-14,16,24,30,32H,9-12,15H2,(H2,25,26)(H,27,31). The van der Waals surface area contributed by atoms with E-state index in [-0.39, 0.29) is 18.1 Å². The molecule has 8 heteroatoms. The molecular formula is C24H27N5O3. The molecule has 2 heterocycles. The second-order valence-electron chi connectivity index (χ2n) is 7.97. The first-order valence-corrected chi connectivity index (χ1v) is 10.7. The van der Waals surface area contributed by atoms with Gasteiger partial charge in [0.1, 0.15) is 6.23 Å². The number of likely N-dealkylation sites (tertiary alicyclic amines) is 1. The van der Waals surface area contributed by atoms with Crippen molar-refractivity contribution in [1.82, 2.24) is 14.9 Å². The van der Waals surface area contributed by atoms with Gasteiger partial charge in [-0.15, -0.1) is 0 Å². The van der Waals surface area contributed by atoms with Gasteiger partial charge in [-0.05, 0) is 42.5 Å². The lowest BCUT2D eigenvalue weighted by molar-refractivity contribution is -0.0238. The van der Waals surface area contributed by atoms with Crippen LogP contribution >= 0.6 is 0 Å². The first kappa shape index (κ1) is 21.9. The summed E-state index contributed by atoms with van der Waals surface area (Å²) in [6.45, 7) is 1.64. The van der Waals surface area contributed by atoms with Gasteiger partial charge in [0.25, 0.3) is 5.91 Å². The van der Waals surface area contributed by atoms with Crippen LogP contribution in [-0.2, 0) is 0 Å². The Hall–Kier alpha value is -3.33.